The van der Waals surface area contributed by atoms with Crippen LogP contribution in [0, 0.1) is 17.8 Å². The predicted octanol–water partition coefficient (Wildman–Crippen LogP) is 3.40. The first kappa shape index (κ1) is 12.5. The minimum atomic E-state index is 0.0282. The summed E-state index contributed by atoms with van der Waals surface area (Å²) in [5.41, 5.74) is 0. The van der Waals surface area contributed by atoms with Gasteiger partial charge in [-0.15, -0.1) is 0 Å². The first-order valence-corrected chi connectivity index (χ1v) is 6.30. The van der Waals surface area contributed by atoms with Gasteiger partial charge in [-0.3, -0.25) is 4.79 Å². The second kappa shape index (κ2) is 6.14. The predicted molar refractivity (Wildman–Crippen MR) is 61.5 cm³/mol. The topological polar surface area (TPSA) is 26.3 Å². The molecule has 0 aromatic heterocycles. The Balaban J connectivity index is 2.26. The van der Waals surface area contributed by atoms with Crippen LogP contribution in [-0.4, -0.2) is 12.6 Å². The summed E-state index contributed by atoms with van der Waals surface area (Å²) < 4.78 is 5.06. The smallest absolute Gasteiger partial charge is 0.308 e. The van der Waals surface area contributed by atoms with Crippen LogP contribution in [0.15, 0.2) is 0 Å². The fraction of sp³-hybridized carbons (Fsp3) is 0.923. The fourth-order valence-electron chi connectivity index (χ4n) is 2.56. The zero-order valence-corrected chi connectivity index (χ0v) is 10.3. The Morgan fingerprint density at radius 2 is 1.87 bits per heavy atom. The summed E-state index contributed by atoms with van der Waals surface area (Å²) in [5, 5.41) is 0. The van der Waals surface area contributed by atoms with Crippen LogP contribution in [0.2, 0.25) is 0 Å². The van der Waals surface area contributed by atoms with E-state index in [0.29, 0.717) is 6.61 Å². The molecule has 0 spiro atoms. The largest absolute Gasteiger partial charge is 0.466 e. The summed E-state index contributed by atoms with van der Waals surface area (Å²) in [6, 6.07) is 0. The highest BCUT2D eigenvalue weighted by atomic mass is 16.5. The van der Waals surface area contributed by atoms with Gasteiger partial charge in [0, 0.05) is 0 Å². The van der Waals surface area contributed by atoms with Gasteiger partial charge in [-0.2, -0.15) is 0 Å². The van der Waals surface area contributed by atoms with Gasteiger partial charge in [-0.25, -0.2) is 0 Å². The summed E-state index contributed by atoms with van der Waals surface area (Å²) in [7, 11) is 0. The van der Waals surface area contributed by atoms with Crippen molar-refractivity contribution in [2.24, 2.45) is 17.8 Å². The van der Waals surface area contributed by atoms with Crippen molar-refractivity contribution in [2.75, 3.05) is 6.61 Å². The first-order valence-electron chi connectivity index (χ1n) is 6.30. The highest BCUT2D eigenvalue weighted by Gasteiger charge is 2.27. The molecule has 2 heteroatoms. The molecule has 1 aliphatic carbocycles. The second-order valence-electron chi connectivity index (χ2n) is 5.10. The summed E-state index contributed by atoms with van der Waals surface area (Å²) >= 11 is 0. The molecule has 0 saturated heterocycles. The molecule has 15 heavy (non-hydrogen) atoms. The van der Waals surface area contributed by atoms with E-state index in [1.807, 2.05) is 6.92 Å². The molecular weight excluding hydrogens is 188 g/mol. The molecule has 0 bridgehead atoms. The fourth-order valence-corrected chi connectivity index (χ4v) is 2.56. The average Bonchev–Trinajstić information content (AvgIpc) is 2.18. The van der Waals surface area contributed by atoms with Gasteiger partial charge >= 0.3 is 5.97 Å². The quantitative estimate of drug-likeness (QED) is 0.668. The van der Waals surface area contributed by atoms with E-state index in [2.05, 4.69) is 13.8 Å². The molecule has 1 rings (SSSR count). The SMILES string of the molecule is CCOC(=O)C1CCC(CC(C)C)CC1. The minimum absolute atomic E-state index is 0.0282. The van der Waals surface area contributed by atoms with Crippen LogP contribution in [0.3, 0.4) is 0 Å². The standard InChI is InChI=1S/C13H24O2/c1-4-15-13(14)12-7-5-11(6-8-12)9-10(2)3/h10-12H,4-9H2,1-3H3. The van der Waals surface area contributed by atoms with E-state index in [1.165, 1.54) is 19.3 Å². The molecule has 1 saturated carbocycles. The highest BCUT2D eigenvalue weighted by molar-refractivity contribution is 5.72. The Morgan fingerprint density at radius 3 is 2.33 bits per heavy atom. The number of hydrogen-bond donors (Lipinski definition) is 0. The Bertz CT molecular complexity index is 191. The normalized spacial score (nSPS) is 26.7. The number of rotatable bonds is 4. The van der Waals surface area contributed by atoms with Crippen LogP contribution in [0.25, 0.3) is 0 Å². The van der Waals surface area contributed by atoms with Crippen molar-refractivity contribution in [1.82, 2.24) is 0 Å². The van der Waals surface area contributed by atoms with E-state index in [-0.39, 0.29) is 11.9 Å². The third kappa shape index (κ3) is 4.23. The highest BCUT2D eigenvalue weighted by Crippen LogP contribution is 2.33. The first-order chi connectivity index (χ1) is 7.13. The van der Waals surface area contributed by atoms with E-state index >= 15 is 0 Å². The van der Waals surface area contributed by atoms with Gasteiger partial charge < -0.3 is 4.74 Å². The summed E-state index contributed by atoms with van der Waals surface area (Å²) in [6.45, 7) is 6.95. The number of carbonyl (C=O) groups is 1. The van der Waals surface area contributed by atoms with Crippen molar-refractivity contribution in [3.63, 3.8) is 0 Å². The lowest BCUT2D eigenvalue weighted by Crippen LogP contribution is -2.24. The summed E-state index contributed by atoms with van der Waals surface area (Å²) in [4.78, 5) is 11.5. The van der Waals surface area contributed by atoms with Crippen LogP contribution in [0.5, 0.6) is 0 Å². The summed E-state index contributed by atoms with van der Waals surface area (Å²) in [5.74, 6) is 1.85. The monoisotopic (exact) mass is 212 g/mol. The van der Waals surface area contributed by atoms with Gasteiger partial charge in [-0.05, 0) is 50.9 Å². The molecule has 1 aliphatic rings. The van der Waals surface area contributed by atoms with Gasteiger partial charge in [0.15, 0.2) is 0 Å². The van der Waals surface area contributed by atoms with E-state index in [0.717, 1.165) is 24.7 Å². The zero-order chi connectivity index (χ0) is 11.3. The third-order valence-corrected chi connectivity index (χ3v) is 3.27. The van der Waals surface area contributed by atoms with Crippen molar-refractivity contribution in [1.29, 1.82) is 0 Å². The molecule has 0 radical (unpaired) electrons. The zero-order valence-electron chi connectivity index (χ0n) is 10.3. The Morgan fingerprint density at radius 1 is 1.27 bits per heavy atom. The van der Waals surface area contributed by atoms with Gasteiger partial charge in [0.25, 0.3) is 0 Å². The molecule has 0 amide bonds. The van der Waals surface area contributed by atoms with Crippen molar-refractivity contribution in [3.05, 3.63) is 0 Å². The maximum atomic E-state index is 11.5. The van der Waals surface area contributed by atoms with Crippen molar-refractivity contribution in [3.8, 4) is 0 Å². The number of hydrogen-bond acceptors (Lipinski definition) is 2. The van der Waals surface area contributed by atoms with Crippen molar-refractivity contribution in [2.45, 2.75) is 52.9 Å². The lowest BCUT2D eigenvalue weighted by atomic mass is 9.78. The van der Waals surface area contributed by atoms with Crippen molar-refractivity contribution >= 4 is 5.97 Å². The van der Waals surface area contributed by atoms with Crippen LogP contribution in [0.4, 0.5) is 0 Å². The number of ether oxygens (including phenoxy) is 1. The van der Waals surface area contributed by atoms with Crippen LogP contribution in [0.1, 0.15) is 52.9 Å². The lowest BCUT2D eigenvalue weighted by molar-refractivity contribution is -0.149. The number of carbonyl (C=O) groups excluding carboxylic acids is 1. The molecule has 0 aromatic rings. The maximum absolute atomic E-state index is 11.5. The van der Waals surface area contributed by atoms with Crippen LogP contribution in [-0.2, 0) is 9.53 Å². The second-order valence-corrected chi connectivity index (χ2v) is 5.10. The van der Waals surface area contributed by atoms with Crippen LogP contribution >= 0.6 is 0 Å². The molecule has 0 atom stereocenters. The summed E-state index contributed by atoms with van der Waals surface area (Å²) in [6.07, 6.45) is 5.81. The molecule has 0 N–H and O–H groups in total. The van der Waals surface area contributed by atoms with Gasteiger partial charge in [-0.1, -0.05) is 13.8 Å². The molecule has 0 aliphatic heterocycles. The van der Waals surface area contributed by atoms with Gasteiger partial charge in [0.1, 0.15) is 0 Å². The maximum Gasteiger partial charge on any atom is 0.308 e. The van der Waals surface area contributed by atoms with E-state index in [4.69, 9.17) is 4.74 Å². The van der Waals surface area contributed by atoms with Gasteiger partial charge in [0.2, 0.25) is 0 Å². The molecule has 0 heterocycles. The lowest BCUT2D eigenvalue weighted by Gasteiger charge is -2.28. The van der Waals surface area contributed by atoms with Gasteiger partial charge in [0.05, 0.1) is 12.5 Å². The molecular formula is C13H24O2. The minimum Gasteiger partial charge on any atom is -0.466 e. The Hall–Kier alpha value is -0.530. The average molecular weight is 212 g/mol. The van der Waals surface area contributed by atoms with E-state index in [1.54, 1.807) is 0 Å². The molecule has 88 valence electrons. The molecule has 1 fully saturated rings. The Labute approximate surface area is 93.4 Å². The third-order valence-electron chi connectivity index (χ3n) is 3.27. The molecule has 0 aromatic carbocycles. The number of esters is 1. The van der Waals surface area contributed by atoms with Crippen molar-refractivity contribution < 1.29 is 9.53 Å². The molecule has 0 unspecified atom stereocenters. The van der Waals surface area contributed by atoms with E-state index < -0.39 is 0 Å². The van der Waals surface area contributed by atoms with E-state index in [9.17, 15) is 4.79 Å². The molecule has 2 nitrogen and oxygen atoms in total. The Kier molecular flexibility index (Phi) is 5.13. The van der Waals surface area contributed by atoms with Crippen LogP contribution < -0.4 is 0 Å².